The van der Waals surface area contributed by atoms with Gasteiger partial charge in [0.05, 0.1) is 0 Å². The van der Waals surface area contributed by atoms with E-state index in [2.05, 4.69) is 55.0 Å². The molecule has 5 aliphatic rings. The number of carbonyl (C=O) groups excluding carboxylic acids is 1. The normalized spacial score (nSPS) is 49.6. The molecule has 0 saturated heterocycles. The summed E-state index contributed by atoms with van der Waals surface area (Å²) in [6.07, 6.45) is 14.5. The predicted octanol–water partition coefficient (Wildman–Crippen LogP) is 8.62. The van der Waals surface area contributed by atoms with Gasteiger partial charge in [-0.25, -0.2) is 0 Å². The van der Waals surface area contributed by atoms with Gasteiger partial charge in [-0.05, 0) is 115 Å². The molecule has 1 nitrogen and oxygen atoms in total. The van der Waals surface area contributed by atoms with Crippen LogP contribution in [0.3, 0.4) is 0 Å². The molecule has 0 bridgehead atoms. The van der Waals surface area contributed by atoms with Crippen LogP contribution in [-0.2, 0) is 4.79 Å². The highest BCUT2D eigenvalue weighted by Gasteiger charge is 2.82. The molecular weight excluding hydrogens is 388 g/mol. The quantitative estimate of drug-likeness (QED) is 0.393. The van der Waals surface area contributed by atoms with E-state index in [1.807, 2.05) is 0 Å². The van der Waals surface area contributed by atoms with Crippen molar-refractivity contribution in [2.24, 2.45) is 56.7 Å². The first-order valence-electron chi connectivity index (χ1n) is 14.1. The summed E-state index contributed by atoms with van der Waals surface area (Å²) in [5, 5.41) is 0. The van der Waals surface area contributed by atoms with Gasteiger partial charge in [-0.3, -0.25) is 4.79 Å². The van der Waals surface area contributed by atoms with Crippen molar-refractivity contribution in [1.29, 1.82) is 0 Å². The van der Waals surface area contributed by atoms with Gasteiger partial charge in [-0.2, -0.15) is 0 Å². The number of allylic oxidation sites excluding steroid dienone is 1. The standard InChI is InChI=1S/C31H50O/c1-20(2)21(3)9-10-22(4)23-13-15-29(8)25-12-11-24-27(5,6)26(32)14-16-30(24)19-31(25,30)18-17-28(23,29)7/h20,22-25H,3,9-19H2,1-2,4-8H3/t22?,23-,24+,25+,28-,29+,30-,31+/m1/s1. The van der Waals surface area contributed by atoms with Crippen molar-refractivity contribution in [2.45, 2.75) is 119 Å². The Balaban J connectivity index is 1.39. The van der Waals surface area contributed by atoms with E-state index in [0.29, 0.717) is 39.3 Å². The number of fused-ring (bicyclic) bond motifs is 2. The summed E-state index contributed by atoms with van der Waals surface area (Å²) >= 11 is 0. The third-order valence-corrected chi connectivity index (χ3v) is 13.3. The largest absolute Gasteiger partial charge is 0.299 e. The van der Waals surface area contributed by atoms with Gasteiger partial charge in [0, 0.05) is 11.8 Å². The highest BCUT2D eigenvalue weighted by molar-refractivity contribution is 5.86. The molecule has 0 aromatic heterocycles. The molecule has 180 valence electrons. The Hall–Kier alpha value is -0.590. The molecule has 0 aliphatic heterocycles. The summed E-state index contributed by atoms with van der Waals surface area (Å²) in [6, 6.07) is 0. The second-order valence-corrected chi connectivity index (χ2v) is 14.6. The molecule has 0 amide bonds. The summed E-state index contributed by atoms with van der Waals surface area (Å²) in [6.45, 7) is 21.5. The van der Waals surface area contributed by atoms with E-state index >= 15 is 0 Å². The van der Waals surface area contributed by atoms with Gasteiger partial charge < -0.3 is 0 Å². The molecule has 2 spiro atoms. The fraction of sp³-hybridized carbons (Fsp3) is 0.903. The summed E-state index contributed by atoms with van der Waals surface area (Å²) < 4.78 is 0. The zero-order chi connectivity index (χ0) is 23.3. The maximum absolute atomic E-state index is 12.8. The average Bonchev–Trinajstić information content (AvgIpc) is 3.31. The number of rotatable bonds is 5. The van der Waals surface area contributed by atoms with E-state index < -0.39 is 0 Å². The molecular formula is C31H50O. The Labute approximate surface area is 198 Å². The first kappa shape index (κ1) is 23.2. The smallest absolute Gasteiger partial charge is 0.138 e. The molecule has 1 heteroatoms. The molecule has 5 aliphatic carbocycles. The van der Waals surface area contributed by atoms with Crippen LogP contribution < -0.4 is 0 Å². The fourth-order valence-electron chi connectivity index (χ4n) is 11.0. The lowest BCUT2D eigenvalue weighted by Crippen LogP contribution is -2.57. The Morgan fingerprint density at radius 2 is 1.56 bits per heavy atom. The highest BCUT2D eigenvalue weighted by Crippen LogP contribution is 2.88. The number of hydrogen-bond acceptors (Lipinski definition) is 1. The Morgan fingerprint density at radius 3 is 2.25 bits per heavy atom. The summed E-state index contributed by atoms with van der Waals surface area (Å²) in [5.74, 6) is 4.41. The van der Waals surface area contributed by atoms with E-state index in [0.717, 1.165) is 24.2 Å². The van der Waals surface area contributed by atoms with Gasteiger partial charge in [-0.15, -0.1) is 0 Å². The molecule has 5 fully saturated rings. The summed E-state index contributed by atoms with van der Waals surface area (Å²) in [5.41, 5.74) is 3.44. The molecule has 0 heterocycles. The average molecular weight is 439 g/mol. The highest BCUT2D eigenvalue weighted by atomic mass is 16.1. The lowest BCUT2D eigenvalue weighted by atomic mass is 9.42. The van der Waals surface area contributed by atoms with Crippen LogP contribution in [0.1, 0.15) is 119 Å². The topological polar surface area (TPSA) is 17.1 Å². The molecule has 32 heavy (non-hydrogen) atoms. The van der Waals surface area contributed by atoms with E-state index in [9.17, 15) is 4.79 Å². The third-order valence-electron chi connectivity index (χ3n) is 13.3. The molecule has 5 saturated carbocycles. The van der Waals surface area contributed by atoms with E-state index in [4.69, 9.17) is 0 Å². The molecule has 1 unspecified atom stereocenters. The van der Waals surface area contributed by atoms with Crippen molar-refractivity contribution in [3.05, 3.63) is 12.2 Å². The van der Waals surface area contributed by atoms with E-state index in [1.54, 1.807) is 0 Å². The van der Waals surface area contributed by atoms with Crippen LogP contribution in [0.25, 0.3) is 0 Å². The van der Waals surface area contributed by atoms with Crippen molar-refractivity contribution in [3.8, 4) is 0 Å². The molecule has 0 N–H and O–H groups in total. The first-order chi connectivity index (χ1) is 14.9. The first-order valence-corrected chi connectivity index (χ1v) is 14.1. The second kappa shape index (κ2) is 6.97. The van der Waals surface area contributed by atoms with Crippen LogP contribution in [0.5, 0.6) is 0 Å². The van der Waals surface area contributed by atoms with Gasteiger partial charge in [-0.1, -0.05) is 60.6 Å². The minimum absolute atomic E-state index is 0.0834. The second-order valence-electron chi connectivity index (χ2n) is 14.6. The van der Waals surface area contributed by atoms with Crippen LogP contribution in [-0.4, -0.2) is 5.78 Å². The van der Waals surface area contributed by atoms with Crippen molar-refractivity contribution in [2.75, 3.05) is 0 Å². The molecule has 0 aromatic carbocycles. The SMILES string of the molecule is C=C(CCC(C)[C@H]1CC[C@@]2(C)[C@@H]3CC[C@H]4C(C)(C)C(=O)CC[C@@]45C[C@@]35CC[C@]12C)C(C)C. The Morgan fingerprint density at radius 1 is 0.906 bits per heavy atom. The van der Waals surface area contributed by atoms with Gasteiger partial charge in [0.2, 0.25) is 0 Å². The van der Waals surface area contributed by atoms with Gasteiger partial charge in [0.15, 0.2) is 0 Å². The minimum atomic E-state index is -0.0834. The lowest BCUT2D eigenvalue weighted by molar-refractivity contribution is -0.157. The van der Waals surface area contributed by atoms with Crippen molar-refractivity contribution in [3.63, 3.8) is 0 Å². The maximum Gasteiger partial charge on any atom is 0.138 e. The number of ketones is 1. The van der Waals surface area contributed by atoms with Gasteiger partial charge >= 0.3 is 0 Å². The monoisotopic (exact) mass is 438 g/mol. The van der Waals surface area contributed by atoms with Gasteiger partial charge in [0.25, 0.3) is 0 Å². The zero-order valence-corrected chi connectivity index (χ0v) is 22.3. The predicted molar refractivity (Wildman–Crippen MR) is 134 cm³/mol. The summed E-state index contributed by atoms with van der Waals surface area (Å²) in [7, 11) is 0. The number of hydrogen-bond donors (Lipinski definition) is 0. The minimum Gasteiger partial charge on any atom is -0.299 e. The Kier molecular flexibility index (Phi) is 5.05. The molecule has 5 rings (SSSR count). The van der Waals surface area contributed by atoms with Crippen LogP contribution in [0.4, 0.5) is 0 Å². The van der Waals surface area contributed by atoms with Crippen LogP contribution in [0, 0.1) is 56.7 Å². The van der Waals surface area contributed by atoms with Crippen LogP contribution in [0.2, 0.25) is 0 Å². The Bertz CT molecular complexity index is 820. The van der Waals surface area contributed by atoms with Crippen molar-refractivity contribution in [1.82, 2.24) is 0 Å². The van der Waals surface area contributed by atoms with Crippen LogP contribution in [0.15, 0.2) is 12.2 Å². The lowest BCUT2D eigenvalue weighted by Gasteiger charge is -2.62. The van der Waals surface area contributed by atoms with E-state index in [1.165, 1.54) is 69.8 Å². The molecule has 0 aromatic rings. The zero-order valence-electron chi connectivity index (χ0n) is 22.3. The van der Waals surface area contributed by atoms with Crippen LogP contribution >= 0.6 is 0 Å². The van der Waals surface area contributed by atoms with E-state index in [-0.39, 0.29) is 5.41 Å². The van der Waals surface area contributed by atoms with Crippen molar-refractivity contribution < 1.29 is 4.79 Å². The molecule has 0 radical (unpaired) electrons. The number of carbonyl (C=O) groups is 1. The third kappa shape index (κ3) is 2.66. The van der Waals surface area contributed by atoms with Crippen molar-refractivity contribution >= 4 is 5.78 Å². The molecule has 8 atom stereocenters. The maximum atomic E-state index is 12.8. The van der Waals surface area contributed by atoms with Gasteiger partial charge in [0.1, 0.15) is 5.78 Å². The fourth-order valence-corrected chi connectivity index (χ4v) is 11.0. The number of Topliss-reactive ketones (excluding diaryl/α,β-unsaturated/α-hetero) is 1. The summed E-state index contributed by atoms with van der Waals surface area (Å²) in [4.78, 5) is 12.8.